The zero-order valence-corrected chi connectivity index (χ0v) is 10.6. The minimum absolute atomic E-state index is 0.487. The first-order valence-corrected chi connectivity index (χ1v) is 6.43. The summed E-state index contributed by atoms with van der Waals surface area (Å²) in [5.74, 6) is 1.77. The van der Waals surface area contributed by atoms with Crippen LogP contribution in [0.15, 0.2) is 71.3 Å². The van der Waals surface area contributed by atoms with Crippen molar-refractivity contribution < 1.29 is 14.3 Å². The number of hydrogen-bond acceptors (Lipinski definition) is 3. The summed E-state index contributed by atoms with van der Waals surface area (Å²) in [4.78, 5) is 0. The van der Waals surface area contributed by atoms with Gasteiger partial charge in [-0.2, -0.15) is 0 Å². The summed E-state index contributed by atoms with van der Waals surface area (Å²) >= 11 is 0. The molecule has 98 valence electrons. The molecule has 2 heterocycles. The van der Waals surface area contributed by atoms with Gasteiger partial charge in [-0.1, -0.05) is 36.4 Å². The molecule has 2 aromatic carbocycles. The highest BCUT2D eigenvalue weighted by molar-refractivity contribution is 5.59. The third-order valence-electron chi connectivity index (χ3n) is 3.65. The molecule has 3 nitrogen and oxygen atoms in total. The molecular formula is C17H12O3. The molecule has 20 heavy (non-hydrogen) atoms. The quantitative estimate of drug-likeness (QED) is 0.729. The van der Waals surface area contributed by atoms with Gasteiger partial charge in [0.05, 0.1) is 6.26 Å². The standard InChI is InChI=1S/C17H12O3/c18-17(16-10-5-11-19-16)12-6-1-3-8-14(12)20-15-9-4-2-7-13(15)17/h1-11,18H. The van der Waals surface area contributed by atoms with E-state index in [-0.39, 0.29) is 0 Å². The summed E-state index contributed by atoms with van der Waals surface area (Å²) in [6, 6.07) is 18.5. The predicted octanol–water partition coefficient (Wildman–Crippen LogP) is 3.67. The van der Waals surface area contributed by atoms with Crippen LogP contribution < -0.4 is 4.74 Å². The van der Waals surface area contributed by atoms with Gasteiger partial charge >= 0.3 is 0 Å². The maximum atomic E-state index is 11.4. The number of furan rings is 1. The summed E-state index contributed by atoms with van der Waals surface area (Å²) in [7, 11) is 0. The summed E-state index contributed by atoms with van der Waals surface area (Å²) < 4.78 is 11.4. The lowest BCUT2D eigenvalue weighted by Crippen LogP contribution is -2.31. The number of benzene rings is 2. The predicted molar refractivity (Wildman–Crippen MR) is 73.8 cm³/mol. The Morgan fingerprint density at radius 1 is 0.750 bits per heavy atom. The molecule has 0 atom stereocenters. The minimum atomic E-state index is -1.32. The Hall–Kier alpha value is -2.52. The summed E-state index contributed by atoms with van der Waals surface area (Å²) in [5, 5.41) is 11.4. The summed E-state index contributed by atoms with van der Waals surface area (Å²) in [6.45, 7) is 0. The topological polar surface area (TPSA) is 42.6 Å². The monoisotopic (exact) mass is 264 g/mol. The van der Waals surface area contributed by atoms with E-state index < -0.39 is 5.60 Å². The zero-order valence-electron chi connectivity index (χ0n) is 10.6. The van der Waals surface area contributed by atoms with Crippen LogP contribution in [0.4, 0.5) is 0 Å². The Morgan fingerprint density at radius 3 is 1.90 bits per heavy atom. The van der Waals surface area contributed by atoms with Crippen LogP contribution in [0, 0.1) is 0 Å². The van der Waals surface area contributed by atoms with Gasteiger partial charge in [-0.05, 0) is 24.3 Å². The smallest absolute Gasteiger partial charge is 0.180 e. The van der Waals surface area contributed by atoms with Crippen molar-refractivity contribution in [3.05, 3.63) is 83.8 Å². The van der Waals surface area contributed by atoms with Crippen molar-refractivity contribution >= 4 is 0 Å². The molecule has 0 amide bonds. The molecule has 1 aliphatic heterocycles. The molecule has 0 unspecified atom stereocenters. The first-order chi connectivity index (χ1) is 9.80. The van der Waals surface area contributed by atoms with Crippen LogP contribution in [0.25, 0.3) is 0 Å². The molecule has 0 spiro atoms. The van der Waals surface area contributed by atoms with Gasteiger partial charge in [0.25, 0.3) is 0 Å². The van der Waals surface area contributed by atoms with Gasteiger partial charge in [-0.3, -0.25) is 0 Å². The summed E-state index contributed by atoms with van der Waals surface area (Å²) in [5.41, 5.74) is 0.0527. The highest BCUT2D eigenvalue weighted by Crippen LogP contribution is 2.49. The molecule has 0 bridgehead atoms. The second-order valence-electron chi connectivity index (χ2n) is 4.78. The van der Waals surface area contributed by atoms with Crippen molar-refractivity contribution in [2.75, 3.05) is 0 Å². The fourth-order valence-corrected chi connectivity index (χ4v) is 2.72. The van der Waals surface area contributed by atoms with E-state index >= 15 is 0 Å². The molecule has 0 fully saturated rings. The molecule has 3 aromatic rings. The van der Waals surface area contributed by atoms with Crippen LogP contribution in [-0.4, -0.2) is 5.11 Å². The van der Waals surface area contributed by atoms with Gasteiger partial charge in [0, 0.05) is 11.1 Å². The lowest BCUT2D eigenvalue weighted by molar-refractivity contribution is 0.0876. The van der Waals surface area contributed by atoms with E-state index in [9.17, 15) is 5.11 Å². The SMILES string of the molecule is OC1(c2ccco2)c2ccccc2Oc2ccccc21. The molecule has 1 N–H and O–H groups in total. The van der Waals surface area contributed by atoms with Crippen molar-refractivity contribution in [3.8, 4) is 11.5 Å². The Kier molecular flexibility index (Phi) is 2.26. The van der Waals surface area contributed by atoms with Crippen LogP contribution in [0.2, 0.25) is 0 Å². The van der Waals surface area contributed by atoms with Crippen molar-refractivity contribution in [3.63, 3.8) is 0 Å². The highest BCUT2D eigenvalue weighted by atomic mass is 16.5. The Morgan fingerprint density at radius 2 is 1.35 bits per heavy atom. The van der Waals surface area contributed by atoms with E-state index in [0.29, 0.717) is 28.4 Å². The summed E-state index contributed by atoms with van der Waals surface area (Å²) in [6.07, 6.45) is 1.56. The Labute approximate surface area is 116 Å². The Balaban J connectivity index is 2.07. The number of aliphatic hydroxyl groups is 1. The van der Waals surface area contributed by atoms with Crippen molar-refractivity contribution in [2.45, 2.75) is 5.60 Å². The molecular weight excluding hydrogens is 252 g/mol. The van der Waals surface area contributed by atoms with Gasteiger partial charge in [0.2, 0.25) is 0 Å². The molecule has 0 radical (unpaired) electrons. The van der Waals surface area contributed by atoms with E-state index in [4.69, 9.17) is 9.15 Å². The van der Waals surface area contributed by atoms with Crippen molar-refractivity contribution in [1.29, 1.82) is 0 Å². The first-order valence-electron chi connectivity index (χ1n) is 6.43. The van der Waals surface area contributed by atoms with E-state index in [1.54, 1.807) is 18.4 Å². The number of fused-ring (bicyclic) bond motifs is 2. The van der Waals surface area contributed by atoms with Gasteiger partial charge in [-0.15, -0.1) is 0 Å². The number of para-hydroxylation sites is 2. The number of ether oxygens (including phenoxy) is 1. The lowest BCUT2D eigenvalue weighted by atomic mass is 9.81. The molecule has 1 aliphatic rings. The lowest BCUT2D eigenvalue weighted by Gasteiger charge is -2.34. The fourth-order valence-electron chi connectivity index (χ4n) is 2.72. The molecule has 0 aliphatic carbocycles. The number of hydrogen-bond donors (Lipinski definition) is 1. The normalized spacial score (nSPS) is 15.1. The fraction of sp³-hybridized carbons (Fsp3) is 0.0588. The van der Waals surface area contributed by atoms with E-state index in [1.165, 1.54) is 0 Å². The van der Waals surface area contributed by atoms with Gasteiger partial charge in [0.15, 0.2) is 5.60 Å². The van der Waals surface area contributed by atoms with E-state index in [2.05, 4.69) is 0 Å². The molecule has 4 rings (SSSR count). The average molecular weight is 264 g/mol. The molecule has 0 saturated heterocycles. The number of rotatable bonds is 1. The third kappa shape index (κ3) is 1.38. The molecule has 1 aromatic heterocycles. The van der Waals surface area contributed by atoms with Gasteiger partial charge in [0.1, 0.15) is 17.3 Å². The van der Waals surface area contributed by atoms with Crippen LogP contribution in [-0.2, 0) is 5.60 Å². The second-order valence-corrected chi connectivity index (χ2v) is 4.78. The van der Waals surface area contributed by atoms with Gasteiger partial charge in [-0.25, -0.2) is 0 Å². The highest BCUT2D eigenvalue weighted by Gasteiger charge is 2.44. The average Bonchev–Trinajstić information content (AvgIpc) is 3.02. The first kappa shape index (κ1) is 11.3. The van der Waals surface area contributed by atoms with Crippen molar-refractivity contribution in [2.24, 2.45) is 0 Å². The third-order valence-corrected chi connectivity index (χ3v) is 3.65. The zero-order chi connectivity index (χ0) is 13.6. The maximum Gasteiger partial charge on any atom is 0.180 e. The minimum Gasteiger partial charge on any atom is -0.466 e. The van der Waals surface area contributed by atoms with E-state index in [1.807, 2.05) is 48.5 Å². The maximum absolute atomic E-state index is 11.4. The second kappa shape index (κ2) is 3.99. The molecule has 3 heteroatoms. The van der Waals surface area contributed by atoms with Crippen LogP contribution in [0.3, 0.4) is 0 Å². The van der Waals surface area contributed by atoms with Crippen molar-refractivity contribution in [1.82, 2.24) is 0 Å². The van der Waals surface area contributed by atoms with Crippen LogP contribution in [0.5, 0.6) is 11.5 Å². The Bertz CT molecular complexity index is 714. The van der Waals surface area contributed by atoms with Gasteiger partial charge < -0.3 is 14.3 Å². The van der Waals surface area contributed by atoms with Crippen LogP contribution >= 0.6 is 0 Å². The largest absolute Gasteiger partial charge is 0.466 e. The van der Waals surface area contributed by atoms with E-state index in [0.717, 1.165) is 0 Å². The molecule has 0 saturated carbocycles. The van der Waals surface area contributed by atoms with Crippen LogP contribution in [0.1, 0.15) is 16.9 Å².